The van der Waals surface area contributed by atoms with E-state index in [1.54, 1.807) is 37.4 Å². The Kier molecular flexibility index (Phi) is 5.41. The minimum Gasteiger partial charge on any atom is -0.373 e. The highest BCUT2D eigenvalue weighted by Crippen LogP contribution is 2.23. The maximum atomic E-state index is 12.4. The van der Waals surface area contributed by atoms with Crippen molar-refractivity contribution in [2.45, 2.75) is 13.3 Å². The molecule has 0 radical (unpaired) electrons. The average Bonchev–Trinajstić information content (AvgIpc) is 2.49. The molecule has 1 heterocycles. The first-order valence-electron chi connectivity index (χ1n) is 6.48. The van der Waals surface area contributed by atoms with E-state index in [4.69, 9.17) is 11.6 Å². The predicted octanol–water partition coefficient (Wildman–Crippen LogP) is 4.20. The fourth-order valence-corrected chi connectivity index (χ4v) is 2.82. The van der Waals surface area contributed by atoms with E-state index in [2.05, 4.69) is 38.2 Å². The minimum absolute atomic E-state index is 0.163. The molecule has 2 rings (SSSR count). The molecular weight excluding hydrogens is 401 g/mol. The molecule has 1 aromatic heterocycles. The van der Waals surface area contributed by atoms with E-state index < -0.39 is 0 Å². The molecule has 0 saturated carbocycles. The van der Waals surface area contributed by atoms with E-state index in [0.717, 1.165) is 21.4 Å². The third-order valence-electron chi connectivity index (χ3n) is 2.94. The molecule has 110 valence electrons. The average molecular weight is 416 g/mol. The van der Waals surface area contributed by atoms with Crippen LogP contribution in [0.2, 0.25) is 5.02 Å². The molecule has 0 atom stereocenters. The number of nitrogens with one attached hydrogen (secondary N) is 2. The number of halogens is 2. The predicted molar refractivity (Wildman–Crippen MR) is 95.3 cm³/mol. The molecule has 1 aromatic carbocycles. The molecule has 21 heavy (non-hydrogen) atoms. The third kappa shape index (κ3) is 4.07. The van der Waals surface area contributed by atoms with Crippen molar-refractivity contribution in [3.63, 3.8) is 0 Å². The second-order valence-electron chi connectivity index (χ2n) is 4.41. The van der Waals surface area contributed by atoms with Crippen molar-refractivity contribution in [3.8, 4) is 0 Å². The number of hydrogen-bond acceptors (Lipinski definition) is 3. The highest BCUT2D eigenvalue weighted by molar-refractivity contribution is 14.1. The lowest BCUT2D eigenvalue weighted by molar-refractivity contribution is 0.102. The summed E-state index contributed by atoms with van der Waals surface area (Å²) in [5.41, 5.74) is 2.20. The molecule has 0 spiro atoms. The van der Waals surface area contributed by atoms with Gasteiger partial charge >= 0.3 is 0 Å². The van der Waals surface area contributed by atoms with Crippen LogP contribution in [0.5, 0.6) is 0 Å². The largest absolute Gasteiger partial charge is 0.373 e. The van der Waals surface area contributed by atoms with Crippen LogP contribution in [-0.2, 0) is 6.42 Å². The normalized spacial score (nSPS) is 10.3. The fourth-order valence-electron chi connectivity index (χ4n) is 1.81. The summed E-state index contributed by atoms with van der Waals surface area (Å²) < 4.78 is 0.895. The van der Waals surface area contributed by atoms with Crippen molar-refractivity contribution in [3.05, 3.63) is 50.2 Å². The van der Waals surface area contributed by atoms with Crippen LogP contribution in [0, 0.1) is 3.57 Å². The number of benzene rings is 1. The smallest absolute Gasteiger partial charge is 0.255 e. The van der Waals surface area contributed by atoms with Crippen molar-refractivity contribution in [1.29, 1.82) is 0 Å². The lowest BCUT2D eigenvalue weighted by atomic mass is 10.1. The molecule has 0 aliphatic heterocycles. The van der Waals surface area contributed by atoms with Crippen molar-refractivity contribution < 1.29 is 4.79 Å². The van der Waals surface area contributed by atoms with Crippen molar-refractivity contribution in [2.24, 2.45) is 0 Å². The zero-order valence-electron chi connectivity index (χ0n) is 11.7. The molecule has 0 aliphatic carbocycles. The second-order valence-corrected chi connectivity index (χ2v) is 6.01. The number of aryl methyl sites for hydroxylation is 1. The second kappa shape index (κ2) is 7.09. The SMILES string of the molecule is CCc1cc(C(=O)Nc2ccc(Cl)cc2I)cc(NC)n1. The topological polar surface area (TPSA) is 54.0 Å². The molecule has 0 bridgehead atoms. The van der Waals surface area contributed by atoms with Crippen LogP contribution in [-0.4, -0.2) is 17.9 Å². The summed E-state index contributed by atoms with van der Waals surface area (Å²) in [7, 11) is 1.78. The summed E-state index contributed by atoms with van der Waals surface area (Å²) in [5, 5.41) is 6.51. The standard InChI is InChI=1S/C15H15ClIN3O/c1-3-11-6-9(7-14(18-2)19-11)15(21)20-13-5-4-10(16)8-12(13)17/h4-8H,3H2,1-2H3,(H,18,19)(H,20,21). The Morgan fingerprint density at radius 2 is 2.10 bits per heavy atom. The van der Waals surface area contributed by atoms with Gasteiger partial charge in [-0.15, -0.1) is 0 Å². The number of carbonyl (C=O) groups excluding carboxylic acids is 1. The maximum absolute atomic E-state index is 12.4. The molecule has 1 amide bonds. The molecule has 4 nitrogen and oxygen atoms in total. The van der Waals surface area contributed by atoms with Gasteiger partial charge in [-0.2, -0.15) is 0 Å². The monoisotopic (exact) mass is 415 g/mol. The van der Waals surface area contributed by atoms with Crippen LogP contribution in [0.4, 0.5) is 11.5 Å². The molecule has 0 fully saturated rings. The van der Waals surface area contributed by atoms with Gasteiger partial charge in [0, 0.05) is 26.9 Å². The Morgan fingerprint density at radius 1 is 1.33 bits per heavy atom. The van der Waals surface area contributed by atoms with Crippen LogP contribution in [0.25, 0.3) is 0 Å². The van der Waals surface area contributed by atoms with E-state index in [1.165, 1.54) is 0 Å². The van der Waals surface area contributed by atoms with Gasteiger partial charge < -0.3 is 10.6 Å². The van der Waals surface area contributed by atoms with Crippen LogP contribution in [0.15, 0.2) is 30.3 Å². The summed E-state index contributed by atoms with van der Waals surface area (Å²) >= 11 is 8.06. The molecule has 6 heteroatoms. The van der Waals surface area contributed by atoms with Gasteiger partial charge in [0.2, 0.25) is 0 Å². The lowest BCUT2D eigenvalue weighted by Crippen LogP contribution is -2.14. The molecule has 0 unspecified atom stereocenters. The third-order valence-corrected chi connectivity index (χ3v) is 4.07. The summed E-state index contributed by atoms with van der Waals surface area (Å²) in [5.74, 6) is 0.522. The number of pyridine rings is 1. The van der Waals surface area contributed by atoms with E-state index in [0.29, 0.717) is 16.4 Å². The van der Waals surface area contributed by atoms with Crippen LogP contribution in [0.1, 0.15) is 23.0 Å². The van der Waals surface area contributed by atoms with E-state index in [1.807, 2.05) is 6.92 Å². The number of amides is 1. The number of nitrogens with zero attached hydrogens (tertiary/aromatic N) is 1. The lowest BCUT2D eigenvalue weighted by Gasteiger charge is -2.10. The van der Waals surface area contributed by atoms with Gasteiger partial charge in [0.25, 0.3) is 5.91 Å². The van der Waals surface area contributed by atoms with Crippen molar-refractivity contribution >= 4 is 51.6 Å². The summed E-state index contributed by atoms with van der Waals surface area (Å²) in [6.07, 6.45) is 0.772. The highest BCUT2D eigenvalue weighted by Gasteiger charge is 2.11. The molecular formula is C15H15ClIN3O. The van der Waals surface area contributed by atoms with Gasteiger partial charge in [-0.3, -0.25) is 4.79 Å². The van der Waals surface area contributed by atoms with Gasteiger partial charge in [0.05, 0.1) is 5.69 Å². The molecule has 0 aliphatic rings. The Hall–Kier alpha value is -1.34. The van der Waals surface area contributed by atoms with E-state index in [-0.39, 0.29) is 5.91 Å². The van der Waals surface area contributed by atoms with E-state index >= 15 is 0 Å². The Balaban J connectivity index is 2.27. The Labute approximate surface area is 142 Å². The first kappa shape index (κ1) is 16.0. The maximum Gasteiger partial charge on any atom is 0.255 e. The van der Waals surface area contributed by atoms with Crippen molar-refractivity contribution in [2.75, 3.05) is 17.7 Å². The van der Waals surface area contributed by atoms with Crippen LogP contribution >= 0.6 is 34.2 Å². The number of hydrogen-bond donors (Lipinski definition) is 2. The Bertz CT molecular complexity index is 654. The van der Waals surface area contributed by atoms with Gasteiger partial charge in [0.15, 0.2) is 0 Å². The minimum atomic E-state index is -0.163. The first-order chi connectivity index (χ1) is 10.0. The number of anilines is 2. The van der Waals surface area contributed by atoms with Gasteiger partial charge in [0.1, 0.15) is 5.82 Å². The number of rotatable bonds is 4. The highest BCUT2D eigenvalue weighted by atomic mass is 127. The van der Waals surface area contributed by atoms with Gasteiger partial charge in [-0.1, -0.05) is 18.5 Å². The summed E-state index contributed by atoms with van der Waals surface area (Å²) in [6, 6.07) is 8.89. The summed E-state index contributed by atoms with van der Waals surface area (Å²) in [6.45, 7) is 2.01. The van der Waals surface area contributed by atoms with Crippen LogP contribution < -0.4 is 10.6 Å². The van der Waals surface area contributed by atoms with E-state index in [9.17, 15) is 4.79 Å². The van der Waals surface area contributed by atoms with Crippen LogP contribution in [0.3, 0.4) is 0 Å². The molecule has 0 saturated heterocycles. The summed E-state index contributed by atoms with van der Waals surface area (Å²) in [4.78, 5) is 16.8. The fraction of sp³-hybridized carbons (Fsp3) is 0.200. The number of carbonyl (C=O) groups is 1. The Morgan fingerprint density at radius 3 is 2.71 bits per heavy atom. The zero-order chi connectivity index (χ0) is 15.4. The zero-order valence-corrected chi connectivity index (χ0v) is 14.6. The quantitative estimate of drug-likeness (QED) is 0.736. The van der Waals surface area contributed by atoms with Gasteiger partial charge in [-0.25, -0.2) is 4.98 Å². The van der Waals surface area contributed by atoms with Crippen molar-refractivity contribution in [1.82, 2.24) is 4.98 Å². The molecule has 2 N–H and O–H groups in total. The van der Waals surface area contributed by atoms with Gasteiger partial charge in [-0.05, 0) is 59.3 Å². The molecule has 2 aromatic rings. The number of aromatic nitrogens is 1. The first-order valence-corrected chi connectivity index (χ1v) is 7.94.